The van der Waals surface area contributed by atoms with Gasteiger partial charge in [0.05, 0.1) is 12.5 Å². The van der Waals surface area contributed by atoms with Gasteiger partial charge in [-0.2, -0.15) is 5.26 Å². The van der Waals surface area contributed by atoms with Gasteiger partial charge in [0.2, 0.25) is 0 Å². The highest BCUT2D eigenvalue weighted by Gasteiger charge is 2.17. The predicted molar refractivity (Wildman–Crippen MR) is 111 cm³/mol. The van der Waals surface area contributed by atoms with Gasteiger partial charge in [-0.1, -0.05) is 36.4 Å². The van der Waals surface area contributed by atoms with Crippen LogP contribution in [0.4, 0.5) is 0 Å². The largest absolute Gasteiger partial charge is 0.388 e. The molecule has 0 bridgehead atoms. The van der Waals surface area contributed by atoms with Crippen LogP contribution in [0.25, 0.3) is 16.5 Å². The molecule has 1 aliphatic rings. The van der Waals surface area contributed by atoms with Crippen LogP contribution in [0.5, 0.6) is 0 Å². The lowest BCUT2D eigenvalue weighted by Crippen LogP contribution is -2.20. The first-order chi connectivity index (χ1) is 13.3. The van der Waals surface area contributed by atoms with Crippen LogP contribution in [-0.4, -0.2) is 11.5 Å². The molecule has 1 heterocycles. The van der Waals surface area contributed by atoms with Crippen molar-refractivity contribution in [3.63, 3.8) is 0 Å². The van der Waals surface area contributed by atoms with E-state index in [0.717, 1.165) is 36.9 Å². The number of aromatic amines is 1. The zero-order valence-electron chi connectivity index (χ0n) is 15.6. The molecule has 27 heavy (non-hydrogen) atoms. The van der Waals surface area contributed by atoms with E-state index in [1.165, 1.54) is 40.6 Å². The Morgan fingerprint density at radius 1 is 1.00 bits per heavy atom. The minimum absolute atomic E-state index is 0.460. The number of hydrogen-bond donors (Lipinski definition) is 2. The summed E-state index contributed by atoms with van der Waals surface area (Å²) in [4.78, 5) is 3.41. The maximum atomic E-state index is 9.02. The van der Waals surface area contributed by atoms with E-state index in [9.17, 15) is 0 Å². The van der Waals surface area contributed by atoms with E-state index in [1.54, 1.807) is 0 Å². The molecule has 0 spiro atoms. The number of nitrogens with one attached hydrogen (secondary N) is 2. The quantitative estimate of drug-likeness (QED) is 0.626. The molecule has 0 aliphatic heterocycles. The molecule has 3 heteroatoms. The molecule has 0 amide bonds. The molecule has 2 N–H and O–H groups in total. The molecular weight excluding hydrogens is 330 g/mol. The molecule has 0 fully saturated rings. The van der Waals surface area contributed by atoms with Gasteiger partial charge in [0.15, 0.2) is 0 Å². The van der Waals surface area contributed by atoms with Crippen molar-refractivity contribution in [2.24, 2.45) is 0 Å². The minimum Gasteiger partial charge on any atom is -0.388 e. The molecule has 136 valence electrons. The van der Waals surface area contributed by atoms with Crippen molar-refractivity contribution in [2.45, 2.75) is 38.5 Å². The Labute approximate surface area is 160 Å². The Bertz CT molecular complexity index is 989. The maximum Gasteiger partial charge on any atom is 0.0669 e. The second-order valence-electron chi connectivity index (χ2n) is 7.24. The lowest BCUT2D eigenvalue weighted by Gasteiger charge is -2.22. The third-order valence-corrected chi connectivity index (χ3v) is 5.42. The number of allylic oxidation sites excluding steroid dienone is 2. The number of nitrogens with zero attached hydrogens (tertiary/aromatic N) is 1. The predicted octanol–water partition coefficient (Wildman–Crippen LogP) is 5.35. The first-order valence-electron chi connectivity index (χ1n) is 9.82. The van der Waals surface area contributed by atoms with E-state index in [-0.39, 0.29) is 0 Å². The molecule has 0 radical (unpaired) electrons. The SMILES string of the molecule is N#CCc1ccc2[nH]cc(C3=C(NCCc4ccccc4)CCCC3)c2c1. The van der Waals surface area contributed by atoms with Crippen molar-refractivity contribution in [1.29, 1.82) is 5.26 Å². The highest BCUT2D eigenvalue weighted by molar-refractivity contribution is 5.93. The number of rotatable bonds is 6. The topological polar surface area (TPSA) is 51.6 Å². The smallest absolute Gasteiger partial charge is 0.0669 e. The second-order valence-corrected chi connectivity index (χ2v) is 7.24. The zero-order valence-corrected chi connectivity index (χ0v) is 15.6. The third-order valence-electron chi connectivity index (χ3n) is 5.42. The van der Waals surface area contributed by atoms with Gasteiger partial charge in [0.25, 0.3) is 0 Å². The van der Waals surface area contributed by atoms with Gasteiger partial charge in [-0.05, 0) is 60.9 Å². The Kier molecular flexibility index (Phi) is 5.25. The van der Waals surface area contributed by atoms with Gasteiger partial charge >= 0.3 is 0 Å². The van der Waals surface area contributed by atoms with Gasteiger partial charge < -0.3 is 10.3 Å². The molecule has 0 saturated carbocycles. The first kappa shape index (κ1) is 17.4. The van der Waals surface area contributed by atoms with E-state index < -0.39 is 0 Å². The fourth-order valence-electron chi connectivity index (χ4n) is 4.02. The van der Waals surface area contributed by atoms with Crippen LogP contribution in [0, 0.1) is 11.3 Å². The summed E-state index contributed by atoms with van der Waals surface area (Å²) in [5, 5.41) is 14.0. The van der Waals surface area contributed by atoms with Gasteiger partial charge in [-0.25, -0.2) is 0 Å². The van der Waals surface area contributed by atoms with Crippen molar-refractivity contribution in [3.05, 3.63) is 77.1 Å². The number of benzene rings is 2. The molecule has 3 nitrogen and oxygen atoms in total. The molecular formula is C24H25N3. The molecule has 1 aliphatic carbocycles. The van der Waals surface area contributed by atoms with E-state index in [4.69, 9.17) is 5.26 Å². The number of nitriles is 1. The Morgan fingerprint density at radius 2 is 1.85 bits per heavy atom. The average Bonchev–Trinajstić information content (AvgIpc) is 3.13. The van der Waals surface area contributed by atoms with Gasteiger partial charge in [0.1, 0.15) is 0 Å². The summed E-state index contributed by atoms with van der Waals surface area (Å²) in [6.45, 7) is 0.963. The van der Waals surface area contributed by atoms with Crippen LogP contribution >= 0.6 is 0 Å². The Balaban J connectivity index is 1.60. The lowest BCUT2D eigenvalue weighted by molar-refractivity contribution is 0.649. The zero-order chi connectivity index (χ0) is 18.5. The molecule has 0 atom stereocenters. The fraction of sp³-hybridized carbons (Fsp3) is 0.292. The monoisotopic (exact) mass is 355 g/mol. The highest BCUT2D eigenvalue weighted by atomic mass is 14.9. The maximum absolute atomic E-state index is 9.02. The van der Waals surface area contributed by atoms with E-state index in [1.807, 2.05) is 6.07 Å². The van der Waals surface area contributed by atoms with Crippen LogP contribution in [0.15, 0.2) is 60.4 Å². The fourth-order valence-corrected chi connectivity index (χ4v) is 4.02. The van der Waals surface area contributed by atoms with Crippen LogP contribution in [0.3, 0.4) is 0 Å². The standard InChI is InChI=1S/C24H25N3/c25-14-12-19-10-11-24-21(16-19)22(17-27-24)20-8-4-5-9-23(20)26-15-13-18-6-2-1-3-7-18/h1-3,6-7,10-11,16-17,26-27H,4-5,8-9,12-13,15H2. The van der Waals surface area contributed by atoms with Crippen molar-refractivity contribution >= 4 is 16.5 Å². The minimum atomic E-state index is 0.460. The van der Waals surface area contributed by atoms with Crippen LogP contribution in [0.1, 0.15) is 42.4 Å². The van der Waals surface area contributed by atoms with Crippen molar-refractivity contribution in [2.75, 3.05) is 6.54 Å². The van der Waals surface area contributed by atoms with Crippen molar-refractivity contribution < 1.29 is 0 Å². The summed E-state index contributed by atoms with van der Waals surface area (Å²) in [6.07, 6.45) is 8.36. The molecule has 0 unspecified atom stereocenters. The van der Waals surface area contributed by atoms with Crippen molar-refractivity contribution in [3.8, 4) is 6.07 Å². The molecule has 4 rings (SSSR count). The van der Waals surface area contributed by atoms with Crippen LogP contribution < -0.4 is 5.32 Å². The second kappa shape index (κ2) is 8.14. The summed E-state index contributed by atoms with van der Waals surface area (Å²) in [7, 11) is 0. The molecule has 0 saturated heterocycles. The average molecular weight is 355 g/mol. The van der Waals surface area contributed by atoms with E-state index >= 15 is 0 Å². The number of aromatic nitrogens is 1. The van der Waals surface area contributed by atoms with Crippen LogP contribution in [-0.2, 0) is 12.8 Å². The lowest BCUT2D eigenvalue weighted by atomic mass is 9.90. The summed E-state index contributed by atoms with van der Waals surface area (Å²) >= 11 is 0. The summed E-state index contributed by atoms with van der Waals surface area (Å²) in [5.74, 6) is 0. The van der Waals surface area contributed by atoms with Gasteiger partial charge in [0, 0.05) is 34.9 Å². The van der Waals surface area contributed by atoms with Crippen molar-refractivity contribution in [1.82, 2.24) is 10.3 Å². The number of fused-ring (bicyclic) bond motifs is 1. The number of hydrogen-bond acceptors (Lipinski definition) is 2. The third kappa shape index (κ3) is 3.90. The van der Waals surface area contributed by atoms with Gasteiger partial charge in [-0.3, -0.25) is 0 Å². The Morgan fingerprint density at radius 3 is 2.70 bits per heavy atom. The van der Waals surface area contributed by atoms with E-state index in [2.05, 4.69) is 65.0 Å². The molecule has 2 aromatic carbocycles. The highest BCUT2D eigenvalue weighted by Crippen LogP contribution is 2.35. The van der Waals surface area contributed by atoms with E-state index in [0.29, 0.717) is 6.42 Å². The summed E-state index contributed by atoms with van der Waals surface area (Å²) in [5.41, 5.74) is 7.73. The molecule has 1 aromatic heterocycles. The normalized spacial score (nSPS) is 14.3. The summed E-state index contributed by atoms with van der Waals surface area (Å²) in [6, 6.07) is 19.2. The van der Waals surface area contributed by atoms with Crippen LogP contribution in [0.2, 0.25) is 0 Å². The Hall–Kier alpha value is -2.99. The summed E-state index contributed by atoms with van der Waals surface area (Å²) < 4.78 is 0. The molecule has 3 aromatic rings. The van der Waals surface area contributed by atoms with Gasteiger partial charge in [-0.15, -0.1) is 0 Å². The first-order valence-corrected chi connectivity index (χ1v) is 9.82. The number of H-pyrrole nitrogens is 1.